The van der Waals surface area contributed by atoms with E-state index in [1.54, 1.807) is 33.4 Å². The molecule has 0 fully saturated rings. The molecule has 0 nitrogen and oxygen atoms in total. The van der Waals surface area contributed by atoms with Gasteiger partial charge in [-0.1, -0.05) is 24.3 Å². The summed E-state index contributed by atoms with van der Waals surface area (Å²) in [6, 6.07) is 9.53. The van der Waals surface area contributed by atoms with E-state index in [4.69, 9.17) is 0 Å². The first kappa shape index (κ1) is 12.0. The van der Waals surface area contributed by atoms with Crippen LogP contribution >= 0.6 is 0 Å². The van der Waals surface area contributed by atoms with Crippen LogP contribution in [0, 0.1) is 13.8 Å². The lowest BCUT2D eigenvalue weighted by atomic mass is 9.62. The van der Waals surface area contributed by atoms with E-state index in [1.807, 2.05) is 0 Å². The summed E-state index contributed by atoms with van der Waals surface area (Å²) in [4.78, 5) is 0. The van der Waals surface area contributed by atoms with Crippen molar-refractivity contribution in [2.75, 3.05) is 0 Å². The van der Waals surface area contributed by atoms with Gasteiger partial charge in [0.05, 0.1) is 0 Å². The van der Waals surface area contributed by atoms with E-state index in [0.29, 0.717) is 5.41 Å². The van der Waals surface area contributed by atoms with Gasteiger partial charge >= 0.3 is 0 Å². The number of fused-ring (bicyclic) bond motifs is 1. The van der Waals surface area contributed by atoms with Crippen LogP contribution in [0.15, 0.2) is 24.3 Å². The Morgan fingerprint density at radius 2 is 1.19 bits per heavy atom. The maximum Gasteiger partial charge on any atom is 0.0221 e. The van der Waals surface area contributed by atoms with Crippen molar-refractivity contribution in [3.05, 3.63) is 57.6 Å². The largest absolute Gasteiger partial charge is 0.0584 e. The highest BCUT2D eigenvalue weighted by Crippen LogP contribution is 2.60. The highest BCUT2D eigenvalue weighted by molar-refractivity contribution is 5.85. The van der Waals surface area contributed by atoms with Crippen LogP contribution in [0.3, 0.4) is 0 Å². The first-order chi connectivity index (χ1) is 10.2. The minimum atomic E-state index is 0.379. The van der Waals surface area contributed by atoms with E-state index in [0.717, 1.165) is 0 Å². The van der Waals surface area contributed by atoms with Gasteiger partial charge in [-0.25, -0.2) is 0 Å². The molecule has 5 rings (SSSR count). The predicted molar refractivity (Wildman–Crippen MR) is 88.0 cm³/mol. The van der Waals surface area contributed by atoms with Crippen molar-refractivity contribution in [2.45, 2.75) is 57.8 Å². The zero-order valence-electron chi connectivity index (χ0n) is 13.1. The standard InChI is InChI=1S/C21H22/c1-13-7-9-17-18-10-8-14(2)16-6-4-12-21(20(16)18)11-3-5-15(13)19(17)21/h7-10H,3-6,11-12H2,1-2H3. The smallest absolute Gasteiger partial charge is 0.0221 e. The highest BCUT2D eigenvalue weighted by Gasteiger charge is 2.48. The Balaban J connectivity index is 1.97. The molecule has 0 saturated carbocycles. The Kier molecular flexibility index (Phi) is 2.17. The van der Waals surface area contributed by atoms with Crippen LogP contribution in [-0.4, -0.2) is 0 Å². The molecule has 3 aliphatic carbocycles. The lowest BCUT2D eigenvalue weighted by Crippen LogP contribution is -2.34. The van der Waals surface area contributed by atoms with Crippen molar-refractivity contribution in [3.8, 4) is 11.1 Å². The van der Waals surface area contributed by atoms with Crippen molar-refractivity contribution in [3.63, 3.8) is 0 Å². The third kappa shape index (κ3) is 1.28. The molecule has 0 aliphatic heterocycles. The van der Waals surface area contributed by atoms with Crippen LogP contribution in [-0.2, 0) is 18.3 Å². The highest BCUT2D eigenvalue weighted by atomic mass is 14.5. The zero-order valence-corrected chi connectivity index (χ0v) is 13.1. The molecule has 0 amide bonds. The summed E-state index contributed by atoms with van der Waals surface area (Å²) in [6.07, 6.45) is 8.06. The zero-order chi connectivity index (χ0) is 14.2. The van der Waals surface area contributed by atoms with E-state index < -0.39 is 0 Å². The quantitative estimate of drug-likeness (QED) is 0.616. The normalized spacial score (nSPS) is 20.1. The summed E-state index contributed by atoms with van der Waals surface area (Å²) in [7, 11) is 0. The van der Waals surface area contributed by atoms with Crippen LogP contribution in [0.25, 0.3) is 11.1 Å². The van der Waals surface area contributed by atoms with Crippen LogP contribution in [0.2, 0.25) is 0 Å². The predicted octanol–water partition coefficient (Wildman–Crippen LogP) is 5.24. The van der Waals surface area contributed by atoms with Crippen molar-refractivity contribution < 1.29 is 0 Å². The summed E-state index contributed by atoms with van der Waals surface area (Å²) < 4.78 is 0. The molecule has 2 aromatic rings. The minimum absolute atomic E-state index is 0.379. The fourth-order valence-corrected chi connectivity index (χ4v) is 5.57. The average molecular weight is 274 g/mol. The topological polar surface area (TPSA) is 0 Å². The molecular weight excluding hydrogens is 252 g/mol. The molecule has 0 unspecified atom stereocenters. The van der Waals surface area contributed by atoms with Gasteiger partial charge < -0.3 is 0 Å². The third-order valence-electron chi connectivity index (χ3n) is 6.40. The van der Waals surface area contributed by atoms with Gasteiger partial charge in [-0.3, -0.25) is 0 Å². The minimum Gasteiger partial charge on any atom is -0.0584 e. The molecule has 1 spiro atoms. The third-order valence-corrected chi connectivity index (χ3v) is 6.40. The lowest BCUT2D eigenvalue weighted by molar-refractivity contribution is 0.376. The molecule has 106 valence electrons. The molecule has 0 aromatic heterocycles. The first-order valence-electron chi connectivity index (χ1n) is 8.49. The van der Waals surface area contributed by atoms with E-state index in [1.165, 1.54) is 49.7 Å². The number of rotatable bonds is 0. The summed E-state index contributed by atoms with van der Waals surface area (Å²) in [5, 5.41) is 0. The van der Waals surface area contributed by atoms with Gasteiger partial charge in [-0.2, -0.15) is 0 Å². The average Bonchev–Trinajstić information content (AvgIpc) is 2.79. The van der Waals surface area contributed by atoms with Gasteiger partial charge in [0.1, 0.15) is 0 Å². The summed E-state index contributed by atoms with van der Waals surface area (Å²) in [5.74, 6) is 0. The van der Waals surface area contributed by atoms with Crippen LogP contribution in [0.4, 0.5) is 0 Å². The monoisotopic (exact) mass is 274 g/mol. The van der Waals surface area contributed by atoms with Crippen molar-refractivity contribution in [2.24, 2.45) is 0 Å². The van der Waals surface area contributed by atoms with Gasteiger partial charge in [0.15, 0.2) is 0 Å². The second-order valence-corrected chi connectivity index (χ2v) is 7.36. The number of aryl methyl sites for hydroxylation is 2. The van der Waals surface area contributed by atoms with Gasteiger partial charge in [0.25, 0.3) is 0 Å². The maximum absolute atomic E-state index is 2.41. The first-order valence-corrected chi connectivity index (χ1v) is 8.49. The van der Waals surface area contributed by atoms with Crippen molar-refractivity contribution >= 4 is 0 Å². The van der Waals surface area contributed by atoms with E-state index in [-0.39, 0.29) is 0 Å². The second kappa shape index (κ2) is 3.80. The summed E-state index contributed by atoms with van der Waals surface area (Å²) >= 11 is 0. The Morgan fingerprint density at radius 3 is 1.67 bits per heavy atom. The number of benzene rings is 2. The van der Waals surface area contributed by atoms with Gasteiger partial charge in [-0.15, -0.1) is 0 Å². The van der Waals surface area contributed by atoms with Crippen LogP contribution < -0.4 is 0 Å². The van der Waals surface area contributed by atoms with Crippen LogP contribution in [0.1, 0.15) is 59.1 Å². The summed E-state index contributed by atoms with van der Waals surface area (Å²) in [6.45, 7) is 4.62. The Morgan fingerprint density at radius 1 is 0.714 bits per heavy atom. The molecule has 21 heavy (non-hydrogen) atoms. The van der Waals surface area contributed by atoms with Gasteiger partial charge in [-0.05, 0) is 96.9 Å². The van der Waals surface area contributed by atoms with Gasteiger partial charge in [0, 0.05) is 5.41 Å². The number of hydrogen-bond acceptors (Lipinski definition) is 0. The van der Waals surface area contributed by atoms with E-state index in [9.17, 15) is 0 Å². The molecule has 0 saturated heterocycles. The number of hydrogen-bond donors (Lipinski definition) is 0. The molecular formula is C21H22. The van der Waals surface area contributed by atoms with E-state index >= 15 is 0 Å². The molecule has 0 heteroatoms. The Labute approximate surface area is 127 Å². The molecule has 0 radical (unpaired) electrons. The van der Waals surface area contributed by atoms with Crippen LogP contribution in [0.5, 0.6) is 0 Å². The molecule has 0 bridgehead atoms. The fourth-order valence-electron chi connectivity index (χ4n) is 5.57. The van der Waals surface area contributed by atoms with Gasteiger partial charge in [0.2, 0.25) is 0 Å². The molecule has 0 N–H and O–H groups in total. The second-order valence-electron chi connectivity index (χ2n) is 7.36. The van der Waals surface area contributed by atoms with Crippen molar-refractivity contribution in [1.29, 1.82) is 0 Å². The Bertz CT molecular complexity index is 712. The molecule has 0 atom stereocenters. The molecule has 2 aromatic carbocycles. The summed E-state index contributed by atoms with van der Waals surface area (Å²) in [5.41, 5.74) is 13.4. The van der Waals surface area contributed by atoms with Crippen molar-refractivity contribution in [1.82, 2.24) is 0 Å². The molecule has 0 heterocycles. The lowest BCUT2D eigenvalue weighted by Gasteiger charge is -2.41. The SMILES string of the molecule is Cc1ccc2c3c1CCCC31CCCc3c(C)ccc-2c31. The fraction of sp³-hybridized carbons (Fsp3) is 0.429. The Hall–Kier alpha value is -1.56. The van der Waals surface area contributed by atoms with E-state index in [2.05, 4.69) is 38.1 Å². The maximum atomic E-state index is 2.41. The molecule has 3 aliphatic rings.